The van der Waals surface area contributed by atoms with Gasteiger partial charge >= 0.3 is 6.09 Å². The Morgan fingerprint density at radius 1 is 1.21 bits per heavy atom. The number of hydrogen-bond donors (Lipinski definition) is 2. The van der Waals surface area contributed by atoms with Crippen LogP contribution in [0.2, 0.25) is 0 Å². The third kappa shape index (κ3) is 2.94. The Labute approximate surface area is 137 Å². The fraction of sp³-hybridized carbons (Fsp3) is 0.111. The van der Waals surface area contributed by atoms with Crippen LogP contribution in [-0.4, -0.2) is 17.8 Å². The predicted molar refractivity (Wildman–Crippen MR) is 90.2 cm³/mol. The van der Waals surface area contributed by atoms with Crippen molar-refractivity contribution in [2.24, 2.45) is 0 Å². The van der Waals surface area contributed by atoms with Gasteiger partial charge in [-0.05, 0) is 31.2 Å². The van der Waals surface area contributed by atoms with Gasteiger partial charge in [0.25, 0.3) is 0 Å². The van der Waals surface area contributed by atoms with Crippen LogP contribution in [0.25, 0.3) is 22.3 Å². The summed E-state index contributed by atoms with van der Waals surface area (Å²) in [5.74, 6) is 0.0336. The number of carbonyl (C=O) groups excluding carboxylic acids is 1. The summed E-state index contributed by atoms with van der Waals surface area (Å²) in [6, 6.07) is 12.7. The molecule has 0 bridgehead atoms. The van der Waals surface area contributed by atoms with Gasteiger partial charge in [-0.3, -0.25) is 10.1 Å². The van der Waals surface area contributed by atoms with Crippen LogP contribution in [0.4, 0.5) is 10.5 Å². The summed E-state index contributed by atoms with van der Waals surface area (Å²) in [4.78, 5) is 23.9. The van der Waals surface area contributed by atoms with E-state index < -0.39 is 6.09 Å². The zero-order valence-electron chi connectivity index (χ0n) is 12.9. The molecule has 0 radical (unpaired) electrons. The van der Waals surface area contributed by atoms with Gasteiger partial charge in [-0.2, -0.15) is 0 Å². The minimum absolute atomic E-state index is 0.122. The molecule has 0 aliphatic carbocycles. The van der Waals surface area contributed by atoms with E-state index in [2.05, 4.69) is 5.32 Å². The summed E-state index contributed by atoms with van der Waals surface area (Å²) in [5.41, 5.74) is 0.655. The second-order valence-corrected chi connectivity index (χ2v) is 5.02. The molecule has 1 aromatic heterocycles. The highest BCUT2D eigenvalue weighted by Crippen LogP contribution is 2.36. The number of phenolic OH excluding ortho intramolecular Hbond substituents is 1. The Morgan fingerprint density at radius 3 is 2.79 bits per heavy atom. The number of nitrogens with one attached hydrogen (secondary N) is 1. The van der Waals surface area contributed by atoms with E-state index in [-0.39, 0.29) is 34.8 Å². The first-order valence-electron chi connectivity index (χ1n) is 7.39. The predicted octanol–water partition coefficient (Wildman–Crippen LogP) is 3.73. The first-order valence-corrected chi connectivity index (χ1v) is 7.39. The van der Waals surface area contributed by atoms with Crippen molar-refractivity contribution in [2.75, 3.05) is 11.9 Å². The van der Waals surface area contributed by atoms with Crippen molar-refractivity contribution in [3.8, 4) is 17.1 Å². The van der Waals surface area contributed by atoms with Gasteiger partial charge in [-0.15, -0.1) is 0 Å². The summed E-state index contributed by atoms with van der Waals surface area (Å²) >= 11 is 0. The topological polar surface area (TPSA) is 88.8 Å². The third-order valence-corrected chi connectivity index (χ3v) is 3.44. The number of benzene rings is 2. The number of anilines is 1. The average Bonchev–Trinajstić information content (AvgIpc) is 2.55. The fourth-order valence-corrected chi connectivity index (χ4v) is 2.41. The van der Waals surface area contributed by atoms with E-state index in [4.69, 9.17) is 9.15 Å². The molecule has 3 aromatic rings. The highest BCUT2D eigenvalue weighted by atomic mass is 16.5. The third-order valence-electron chi connectivity index (χ3n) is 3.44. The molecule has 0 aliphatic rings. The maximum atomic E-state index is 12.3. The smallest absolute Gasteiger partial charge is 0.411 e. The number of amides is 1. The lowest BCUT2D eigenvalue weighted by molar-refractivity contribution is 0.168. The molecule has 122 valence electrons. The Hall–Kier alpha value is -3.28. The van der Waals surface area contributed by atoms with Gasteiger partial charge in [0.1, 0.15) is 17.1 Å². The van der Waals surface area contributed by atoms with E-state index in [0.29, 0.717) is 11.0 Å². The molecule has 0 saturated heterocycles. The van der Waals surface area contributed by atoms with Crippen LogP contribution in [0, 0.1) is 0 Å². The van der Waals surface area contributed by atoms with E-state index in [9.17, 15) is 14.7 Å². The van der Waals surface area contributed by atoms with Gasteiger partial charge < -0.3 is 14.3 Å². The summed E-state index contributed by atoms with van der Waals surface area (Å²) in [5, 5.41) is 13.2. The van der Waals surface area contributed by atoms with Crippen molar-refractivity contribution in [1.29, 1.82) is 0 Å². The quantitative estimate of drug-likeness (QED) is 0.766. The Kier molecular flexibility index (Phi) is 4.20. The molecule has 0 atom stereocenters. The lowest BCUT2D eigenvalue weighted by atomic mass is 10.1. The van der Waals surface area contributed by atoms with Crippen LogP contribution in [0.15, 0.2) is 57.7 Å². The van der Waals surface area contributed by atoms with E-state index >= 15 is 0 Å². The molecule has 2 N–H and O–H groups in total. The maximum absolute atomic E-state index is 12.3. The molecule has 0 saturated carbocycles. The Morgan fingerprint density at radius 2 is 2.00 bits per heavy atom. The highest BCUT2D eigenvalue weighted by Gasteiger charge is 2.17. The average molecular weight is 325 g/mol. The minimum Gasteiger partial charge on any atom is -0.507 e. The number of fused-ring (bicyclic) bond motifs is 1. The molecule has 2 aromatic carbocycles. The SMILES string of the molecule is CCOC(=O)Nc1cccc(O)c1-c1cc(=O)c2ccccc2o1. The van der Waals surface area contributed by atoms with Gasteiger partial charge in [-0.1, -0.05) is 18.2 Å². The monoisotopic (exact) mass is 325 g/mol. The zero-order chi connectivity index (χ0) is 17.1. The number of ether oxygens (including phenoxy) is 1. The van der Waals surface area contributed by atoms with Crippen LogP contribution < -0.4 is 10.7 Å². The molecule has 0 spiro atoms. The van der Waals surface area contributed by atoms with Gasteiger partial charge in [0.05, 0.1) is 23.2 Å². The molecule has 1 heterocycles. The molecule has 0 aliphatic heterocycles. The van der Waals surface area contributed by atoms with Crippen LogP contribution in [0.5, 0.6) is 5.75 Å². The van der Waals surface area contributed by atoms with Crippen molar-refractivity contribution in [2.45, 2.75) is 6.92 Å². The second-order valence-electron chi connectivity index (χ2n) is 5.02. The lowest BCUT2D eigenvalue weighted by Crippen LogP contribution is -2.14. The molecule has 0 unspecified atom stereocenters. The number of aromatic hydroxyl groups is 1. The first kappa shape index (κ1) is 15.6. The minimum atomic E-state index is -0.660. The highest BCUT2D eigenvalue weighted by molar-refractivity contribution is 5.93. The molecular weight excluding hydrogens is 310 g/mol. The van der Waals surface area contributed by atoms with Gasteiger partial charge in [0.15, 0.2) is 5.43 Å². The van der Waals surface area contributed by atoms with Gasteiger partial charge in [0, 0.05) is 6.07 Å². The summed E-state index contributed by atoms with van der Waals surface area (Å²) < 4.78 is 10.6. The summed E-state index contributed by atoms with van der Waals surface area (Å²) in [6.45, 7) is 1.90. The van der Waals surface area contributed by atoms with Crippen molar-refractivity contribution in [1.82, 2.24) is 0 Å². The second kappa shape index (κ2) is 6.45. The van der Waals surface area contributed by atoms with E-state index in [1.54, 1.807) is 43.3 Å². The van der Waals surface area contributed by atoms with Crippen molar-refractivity contribution >= 4 is 22.7 Å². The summed E-state index contributed by atoms with van der Waals surface area (Å²) in [6.07, 6.45) is -0.660. The van der Waals surface area contributed by atoms with Gasteiger partial charge in [-0.25, -0.2) is 4.79 Å². The Bertz CT molecular complexity index is 961. The van der Waals surface area contributed by atoms with Crippen molar-refractivity contribution in [3.63, 3.8) is 0 Å². The van der Waals surface area contributed by atoms with Gasteiger partial charge in [0.2, 0.25) is 0 Å². The Balaban J connectivity index is 2.15. The zero-order valence-corrected chi connectivity index (χ0v) is 12.9. The molecule has 3 rings (SSSR count). The number of hydrogen-bond acceptors (Lipinski definition) is 5. The fourth-order valence-electron chi connectivity index (χ4n) is 2.41. The van der Waals surface area contributed by atoms with E-state index in [1.165, 1.54) is 12.1 Å². The van der Waals surface area contributed by atoms with Crippen LogP contribution in [0.1, 0.15) is 6.92 Å². The first-order chi connectivity index (χ1) is 11.6. The van der Waals surface area contributed by atoms with E-state index in [0.717, 1.165) is 0 Å². The normalized spacial score (nSPS) is 10.5. The van der Waals surface area contributed by atoms with Crippen molar-refractivity contribution < 1.29 is 19.1 Å². The molecule has 0 fully saturated rings. The van der Waals surface area contributed by atoms with E-state index in [1.807, 2.05) is 0 Å². The molecule has 1 amide bonds. The number of carbonyl (C=O) groups is 1. The van der Waals surface area contributed by atoms with Crippen LogP contribution in [0.3, 0.4) is 0 Å². The molecular formula is C18H15NO5. The number of rotatable bonds is 3. The summed E-state index contributed by atoms with van der Waals surface area (Å²) in [7, 11) is 0. The number of phenols is 1. The lowest BCUT2D eigenvalue weighted by Gasteiger charge is -2.12. The molecule has 6 nitrogen and oxygen atoms in total. The number of para-hydroxylation sites is 1. The molecule has 24 heavy (non-hydrogen) atoms. The molecule has 6 heteroatoms. The van der Waals surface area contributed by atoms with Crippen LogP contribution >= 0.6 is 0 Å². The largest absolute Gasteiger partial charge is 0.507 e. The van der Waals surface area contributed by atoms with Crippen LogP contribution in [-0.2, 0) is 4.74 Å². The standard InChI is InChI=1S/C18H15NO5/c1-2-23-18(22)19-12-7-5-8-13(20)17(12)16-10-14(21)11-6-3-4-9-15(11)24-16/h3-10,20H,2H2,1H3,(H,19,22). The maximum Gasteiger partial charge on any atom is 0.411 e. The van der Waals surface area contributed by atoms with Crippen molar-refractivity contribution in [3.05, 3.63) is 58.8 Å².